The summed E-state index contributed by atoms with van der Waals surface area (Å²) in [6, 6.07) is -2.19. The highest BCUT2D eigenvalue weighted by atomic mass is 16.5. The molecule has 0 aromatic rings. The topological polar surface area (TPSA) is 288 Å². The number of amides is 5. The van der Waals surface area contributed by atoms with Crippen LogP contribution in [0.4, 0.5) is 0 Å². The molecule has 0 aromatic carbocycles. The largest absolute Gasteiger partial charge is 0.481 e. The van der Waals surface area contributed by atoms with Gasteiger partial charge in [0.2, 0.25) is 29.5 Å². The molecule has 0 bridgehead atoms. The Hall–Kier alpha value is -4.14. The zero-order chi connectivity index (χ0) is 44.6. The van der Waals surface area contributed by atoms with Crippen LogP contribution in [-0.2, 0) is 57.3 Å². The van der Waals surface area contributed by atoms with Crippen LogP contribution in [0.2, 0.25) is 0 Å². The molecule has 5 amide bonds. The highest BCUT2D eigenvalue weighted by molar-refractivity contribution is 6.59. The fourth-order valence-electron chi connectivity index (χ4n) is 5.72. The Balaban J connectivity index is 3.72. The molecule has 60 heavy (non-hydrogen) atoms. The second-order valence-corrected chi connectivity index (χ2v) is 14.4. The van der Waals surface area contributed by atoms with Crippen LogP contribution in [0.5, 0.6) is 0 Å². The molecule has 0 rings (SSSR count). The van der Waals surface area contributed by atoms with Gasteiger partial charge in [-0.15, -0.1) is 0 Å². The van der Waals surface area contributed by atoms with Crippen LogP contribution in [0.15, 0.2) is 0 Å². The standard InChI is InChI=1S/C40H70BN5O14/c41-39(54)31(17-19-33(42)47)45-37(51)30-60-28-26-58-24-22-44-36(50)29-59-27-25-57-23-21-43-34(48)20-18-32(40(55)56)46-35(49)15-13-11-9-7-5-3-1-2-4-6-8-10-12-14-16-38(52)53/h31-32H,1-30H2,(H2,42,47)(H,43,48)(H,44,50)(H,45,51)(H,46,49)(H,52,53)(H,55,56)/t31?,32-/m0/s1. The first kappa shape index (κ1) is 55.9. The van der Waals surface area contributed by atoms with Crippen LogP contribution < -0.4 is 27.0 Å². The van der Waals surface area contributed by atoms with Gasteiger partial charge >= 0.3 is 11.9 Å². The Morgan fingerprint density at radius 1 is 0.467 bits per heavy atom. The number of hydrogen-bond acceptors (Lipinski definition) is 12. The molecule has 0 spiro atoms. The van der Waals surface area contributed by atoms with Crippen LogP contribution in [0.1, 0.15) is 128 Å². The maximum Gasteiger partial charge on any atom is 0.326 e. The highest BCUT2D eigenvalue weighted by Gasteiger charge is 2.21. The van der Waals surface area contributed by atoms with Gasteiger partial charge in [-0.25, -0.2) is 4.79 Å². The molecule has 0 aromatic heterocycles. The van der Waals surface area contributed by atoms with Crippen molar-refractivity contribution in [1.82, 2.24) is 21.3 Å². The van der Waals surface area contributed by atoms with E-state index in [1.807, 2.05) is 0 Å². The number of carboxylic acids is 2. The second-order valence-electron chi connectivity index (χ2n) is 14.4. The van der Waals surface area contributed by atoms with Gasteiger partial charge in [-0.3, -0.25) is 28.8 Å². The third-order valence-electron chi connectivity index (χ3n) is 9.04. The summed E-state index contributed by atoms with van der Waals surface area (Å²) in [5.41, 5.74) is 4.24. The van der Waals surface area contributed by atoms with Gasteiger partial charge in [0, 0.05) is 38.8 Å². The van der Waals surface area contributed by atoms with E-state index in [0.29, 0.717) is 6.42 Å². The smallest absolute Gasteiger partial charge is 0.326 e. The molecular formula is C40H70BN5O14. The molecule has 8 N–H and O–H groups in total. The van der Waals surface area contributed by atoms with E-state index in [9.17, 15) is 43.5 Å². The van der Waals surface area contributed by atoms with E-state index in [1.165, 1.54) is 38.5 Å². The van der Waals surface area contributed by atoms with Crippen molar-refractivity contribution in [2.45, 2.75) is 141 Å². The first-order valence-corrected chi connectivity index (χ1v) is 21.3. The molecular weight excluding hydrogens is 785 g/mol. The SMILES string of the molecule is [B]C(=O)C(CCC(N)=O)NC(=O)COCCOCCNC(=O)COCCOCCNC(=O)CC[C@H](NC(=O)CCCCCCCCCCCCCCCCC(=O)O)C(=O)O. The molecule has 19 nitrogen and oxygen atoms in total. The summed E-state index contributed by atoms with van der Waals surface area (Å²) in [6.45, 7) is 0.754. The summed E-state index contributed by atoms with van der Waals surface area (Å²) >= 11 is 0. The lowest BCUT2D eigenvalue weighted by atomic mass is 9.92. The fraction of sp³-hybridized carbons (Fsp3) is 0.800. The first-order valence-electron chi connectivity index (χ1n) is 21.3. The lowest BCUT2D eigenvalue weighted by Crippen LogP contribution is -2.43. The Morgan fingerprint density at radius 3 is 1.35 bits per heavy atom. The molecule has 1 unspecified atom stereocenters. The Kier molecular flexibility index (Phi) is 36.3. The van der Waals surface area contributed by atoms with E-state index in [-0.39, 0.29) is 122 Å². The van der Waals surface area contributed by atoms with Gasteiger partial charge in [-0.1, -0.05) is 77.0 Å². The van der Waals surface area contributed by atoms with E-state index in [0.717, 1.165) is 44.9 Å². The van der Waals surface area contributed by atoms with Crippen molar-refractivity contribution in [3.8, 4) is 0 Å². The minimum atomic E-state index is -1.20. The predicted octanol–water partition coefficient (Wildman–Crippen LogP) is 1.41. The Labute approximate surface area is 355 Å². The minimum absolute atomic E-state index is 0.00865. The number of aliphatic carboxylic acids is 2. The van der Waals surface area contributed by atoms with E-state index in [4.69, 9.17) is 37.6 Å². The van der Waals surface area contributed by atoms with Crippen LogP contribution in [0.3, 0.4) is 0 Å². The lowest BCUT2D eigenvalue weighted by Gasteiger charge is -2.15. The molecule has 0 aliphatic heterocycles. The lowest BCUT2D eigenvalue weighted by molar-refractivity contribution is -0.142. The molecule has 0 fully saturated rings. The van der Waals surface area contributed by atoms with Crippen molar-refractivity contribution in [3.63, 3.8) is 0 Å². The highest BCUT2D eigenvalue weighted by Crippen LogP contribution is 2.14. The molecule has 2 atom stereocenters. The zero-order valence-corrected chi connectivity index (χ0v) is 35.3. The molecule has 0 saturated carbocycles. The first-order chi connectivity index (χ1) is 28.8. The third kappa shape index (κ3) is 38.1. The van der Waals surface area contributed by atoms with Gasteiger partial charge in [0.05, 0.1) is 51.4 Å². The van der Waals surface area contributed by atoms with Crippen LogP contribution in [0.25, 0.3) is 0 Å². The van der Waals surface area contributed by atoms with Gasteiger partial charge in [-0.2, -0.15) is 0 Å². The van der Waals surface area contributed by atoms with Crippen LogP contribution in [0, 0.1) is 0 Å². The van der Waals surface area contributed by atoms with Crippen molar-refractivity contribution >= 4 is 55.0 Å². The number of carboxylic acid groups (broad SMARTS) is 2. The third-order valence-corrected chi connectivity index (χ3v) is 9.04. The van der Waals surface area contributed by atoms with E-state index >= 15 is 0 Å². The summed E-state index contributed by atoms with van der Waals surface area (Å²) in [7, 11) is 5.20. The number of nitrogens with two attached hydrogens (primary N) is 1. The number of carbonyl (C=O) groups excluding carboxylic acids is 6. The van der Waals surface area contributed by atoms with Gasteiger partial charge in [-0.05, 0) is 25.7 Å². The Morgan fingerprint density at radius 2 is 0.883 bits per heavy atom. The molecule has 0 heterocycles. The van der Waals surface area contributed by atoms with Gasteiger partial charge in [0.25, 0.3) is 0 Å². The predicted molar refractivity (Wildman–Crippen MR) is 221 cm³/mol. The van der Waals surface area contributed by atoms with Crippen molar-refractivity contribution in [2.24, 2.45) is 5.73 Å². The van der Waals surface area contributed by atoms with Crippen molar-refractivity contribution in [1.29, 1.82) is 0 Å². The van der Waals surface area contributed by atoms with Gasteiger partial charge < -0.3 is 61.0 Å². The summed E-state index contributed by atoms with van der Waals surface area (Å²) in [5, 5.41) is 28.3. The average Bonchev–Trinajstić information content (AvgIpc) is 3.19. The second kappa shape index (κ2) is 39.0. The van der Waals surface area contributed by atoms with Crippen LogP contribution >= 0.6 is 0 Å². The number of primary amides is 1. The van der Waals surface area contributed by atoms with Crippen molar-refractivity contribution in [3.05, 3.63) is 0 Å². The minimum Gasteiger partial charge on any atom is -0.481 e. The Bertz CT molecular complexity index is 1240. The zero-order valence-electron chi connectivity index (χ0n) is 35.3. The molecule has 342 valence electrons. The van der Waals surface area contributed by atoms with Crippen molar-refractivity contribution < 1.29 is 67.5 Å². The monoisotopic (exact) mass is 856 g/mol. The average molecular weight is 856 g/mol. The number of rotatable bonds is 43. The van der Waals surface area contributed by atoms with E-state index in [1.54, 1.807) is 0 Å². The molecule has 2 radical (unpaired) electrons. The van der Waals surface area contributed by atoms with Gasteiger partial charge in [0.1, 0.15) is 19.3 Å². The summed E-state index contributed by atoms with van der Waals surface area (Å²) in [6.07, 6.45) is 15.2. The summed E-state index contributed by atoms with van der Waals surface area (Å²) in [4.78, 5) is 92.6. The van der Waals surface area contributed by atoms with Gasteiger partial charge in [0.15, 0.2) is 7.85 Å². The fourth-order valence-corrected chi connectivity index (χ4v) is 5.72. The number of hydrogen-bond donors (Lipinski definition) is 7. The van der Waals surface area contributed by atoms with E-state index < -0.39 is 41.5 Å². The molecule has 20 heteroatoms. The molecule has 0 aliphatic rings. The van der Waals surface area contributed by atoms with E-state index in [2.05, 4.69) is 21.3 Å². The summed E-state index contributed by atoms with van der Waals surface area (Å²) in [5.74, 6) is -4.20. The number of ether oxygens (including phenoxy) is 4. The quantitative estimate of drug-likeness (QED) is 0.0337. The number of nitrogens with one attached hydrogen (secondary N) is 4. The summed E-state index contributed by atoms with van der Waals surface area (Å²) < 4.78 is 21.1. The normalized spacial score (nSPS) is 11.9. The van der Waals surface area contributed by atoms with Crippen molar-refractivity contribution in [2.75, 3.05) is 65.9 Å². The number of carbonyl (C=O) groups is 8. The van der Waals surface area contributed by atoms with Crippen LogP contribution in [-0.4, -0.2) is 143 Å². The number of unbranched alkanes of at least 4 members (excludes halogenated alkanes) is 13. The molecule has 0 aliphatic carbocycles. The maximum atomic E-state index is 12.3. The maximum absolute atomic E-state index is 12.3. The molecule has 0 saturated heterocycles.